The molecule has 0 saturated carbocycles. The van der Waals surface area contributed by atoms with Gasteiger partial charge in [0.05, 0.1) is 15.6 Å². The molecule has 2 rings (SSSR count). The second-order valence-corrected chi connectivity index (χ2v) is 6.08. The van der Waals surface area contributed by atoms with E-state index in [2.05, 4.69) is 49.3 Å². The van der Waals surface area contributed by atoms with Crippen molar-refractivity contribution in [2.45, 2.75) is 25.5 Å². The van der Waals surface area contributed by atoms with Crippen LogP contribution in [0.2, 0.25) is 0 Å². The van der Waals surface area contributed by atoms with Gasteiger partial charge in [0, 0.05) is 13.2 Å². The van der Waals surface area contributed by atoms with E-state index in [0.717, 1.165) is 40.7 Å². The first-order valence-electron chi connectivity index (χ1n) is 6.07. The normalized spacial score (nSPS) is 19.8. The third-order valence-corrected chi connectivity index (χ3v) is 4.02. The summed E-state index contributed by atoms with van der Waals surface area (Å²) in [5.74, 6) is 0.866. The average Bonchev–Trinajstić information content (AvgIpc) is 2.36. The predicted octanol–water partition coefficient (Wildman–Crippen LogP) is 3.49. The van der Waals surface area contributed by atoms with Gasteiger partial charge in [0.15, 0.2) is 0 Å². The molecule has 1 aliphatic heterocycles. The van der Waals surface area contributed by atoms with Crippen molar-refractivity contribution < 1.29 is 9.47 Å². The summed E-state index contributed by atoms with van der Waals surface area (Å²) in [6.07, 6.45) is 2.27. The number of hydrogen-bond donors (Lipinski definition) is 1. The van der Waals surface area contributed by atoms with Crippen LogP contribution in [0.15, 0.2) is 21.1 Å². The highest BCUT2D eigenvalue weighted by Crippen LogP contribution is 2.36. The Bertz CT molecular complexity index is 383. The Labute approximate surface area is 124 Å². The van der Waals surface area contributed by atoms with Crippen molar-refractivity contribution >= 4 is 31.9 Å². The van der Waals surface area contributed by atoms with Crippen LogP contribution in [0.25, 0.3) is 0 Å². The van der Waals surface area contributed by atoms with E-state index in [9.17, 15) is 0 Å². The van der Waals surface area contributed by atoms with Gasteiger partial charge in [0.1, 0.15) is 11.9 Å². The van der Waals surface area contributed by atoms with E-state index < -0.39 is 0 Å². The third-order valence-electron chi connectivity index (χ3n) is 2.84. The Morgan fingerprint density at radius 2 is 2.11 bits per heavy atom. The lowest BCUT2D eigenvalue weighted by Crippen LogP contribution is -2.28. The number of ether oxygens (including phenoxy) is 2. The maximum Gasteiger partial charge on any atom is 0.148 e. The first-order chi connectivity index (χ1) is 8.70. The SMILES string of the molecule is CNCc1cc(Br)c(OC2CCCOC2)c(Br)c1. The summed E-state index contributed by atoms with van der Waals surface area (Å²) >= 11 is 7.14. The molecule has 18 heavy (non-hydrogen) atoms. The zero-order chi connectivity index (χ0) is 13.0. The van der Waals surface area contributed by atoms with Crippen molar-refractivity contribution in [1.29, 1.82) is 0 Å². The van der Waals surface area contributed by atoms with Crippen molar-refractivity contribution in [3.8, 4) is 5.75 Å². The van der Waals surface area contributed by atoms with E-state index in [4.69, 9.17) is 9.47 Å². The van der Waals surface area contributed by atoms with Gasteiger partial charge in [-0.15, -0.1) is 0 Å². The lowest BCUT2D eigenvalue weighted by atomic mass is 10.1. The second kappa shape index (κ2) is 6.89. The van der Waals surface area contributed by atoms with E-state index in [1.807, 2.05) is 7.05 Å². The smallest absolute Gasteiger partial charge is 0.148 e. The van der Waals surface area contributed by atoms with Gasteiger partial charge in [0.2, 0.25) is 0 Å². The highest BCUT2D eigenvalue weighted by Gasteiger charge is 2.18. The summed E-state index contributed by atoms with van der Waals surface area (Å²) in [7, 11) is 1.94. The predicted molar refractivity (Wildman–Crippen MR) is 79.1 cm³/mol. The van der Waals surface area contributed by atoms with Crippen molar-refractivity contribution in [3.63, 3.8) is 0 Å². The van der Waals surface area contributed by atoms with Crippen LogP contribution in [-0.2, 0) is 11.3 Å². The van der Waals surface area contributed by atoms with Gasteiger partial charge in [-0.3, -0.25) is 0 Å². The number of benzene rings is 1. The Balaban J connectivity index is 2.11. The van der Waals surface area contributed by atoms with Gasteiger partial charge in [-0.2, -0.15) is 0 Å². The fraction of sp³-hybridized carbons (Fsp3) is 0.538. The van der Waals surface area contributed by atoms with Gasteiger partial charge in [-0.1, -0.05) is 0 Å². The van der Waals surface area contributed by atoms with E-state index in [0.29, 0.717) is 6.61 Å². The molecule has 100 valence electrons. The fourth-order valence-electron chi connectivity index (χ4n) is 2.00. The van der Waals surface area contributed by atoms with Gasteiger partial charge in [-0.25, -0.2) is 0 Å². The lowest BCUT2D eigenvalue weighted by Gasteiger charge is -2.24. The maximum atomic E-state index is 6.01. The Morgan fingerprint density at radius 3 is 2.67 bits per heavy atom. The molecule has 1 unspecified atom stereocenters. The Kier molecular flexibility index (Phi) is 5.48. The molecular formula is C13H17Br2NO2. The molecule has 0 aliphatic carbocycles. The molecule has 0 spiro atoms. The summed E-state index contributed by atoms with van der Waals surface area (Å²) in [6, 6.07) is 4.17. The number of rotatable bonds is 4. The molecular weight excluding hydrogens is 362 g/mol. The van der Waals surface area contributed by atoms with Crippen molar-refractivity contribution in [3.05, 3.63) is 26.6 Å². The Morgan fingerprint density at radius 1 is 1.39 bits per heavy atom. The van der Waals surface area contributed by atoms with Crippen molar-refractivity contribution in [2.75, 3.05) is 20.3 Å². The highest BCUT2D eigenvalue weighted by atomic mass is 79.9. The third kappa shape index (κ3) is 3.70. The second-order valence-electron chi connectivity index (χ2n) is 4.38. The van der Waals surface area contributed by atoms with E-state index in [1.165, 1.54) is 5.56 Å². The topological polar surface area (TPSA) is 30.5 Å². The summed E-state index contributed by atoms with van der Waals surface area (Å²) in [5.41, 5.74) is 1.21. The molecule has 1 aromatic rings. The first-order valence-corrected chi connectivity index (χ1v) is 7.66. The monoisotopic (exact) mass is 377 g/mol. The van der Waals surface area contributed by atoms with Crippen LogP contribution >= 0.6 is 31.9 Å². The van der Waals surface area contributed by atoms with Crippen molar-refractivity contribution in [2.24, 2.45) is 0 Å². The molecule has 3 nitrogen and oxygen atoms in total. The number of hydrogen-bond acceptors (Lipinski definition) is 3. The molecule has 1 heterocycles. The van der Waals surface area contributed by atoms with Crippen LogP contribution in [-0.4, -0.2) is 26.4 Å². The minimum atomic E-state index is 0.154. The molecule has 0 aromatic heterocycles. The van der Waals surface area contributed by atoms with Crippen LogP contribution in [0.4, 0.5) is 0 Å². The fourth-order valence-corrected chi connectivity index (χ4v) is 3.47. The molecule has 1 fully saturated rings. The lowest BCUT2D eigenvalue weighted by molar-refractivity contribution is 0.00678. The van der Waals surface area contributed by atoms with Gasteiger partial charge in [0.25, 0.3) is 0 Å². The quantitative estimate of drug-likeness (QED) is 0.869. The molecule has 1 aromatic carbocycles. The molecule has 1 N–H and O–H groups in total. The summed E-state index contributed by atoms with van der Waals surface area (Å²) in [5, 5.41) is 3.14. The maximum absolute atomic E-state index is 6.01. The zero-order valence-corrected chi connectivity index (χ0v) is 13.5. The number of nitrogens with one attached hydrogen (secondary N) is 1. The van der Waals surface area contributed by atoms with E-state index in [-0.39, 0.29) is 6.10 Å². The largest absolute Gasteiger partial charge is 0.486 e. The number of halogens is 2. The Hall–Kier alpha value is -0.100. The highest BCUT2D eigenvalue weighted by molar-refractivity contribution is 9.11. The van der Waals surface area contributed by atoms with Gasteiger partial charge >= 0.3 is 0 Å². The molecule has 0 amide bonds. The summed E-state index contributed by atoms with van der Waals surface area (Å²) < 4.78 is 13.4. The van der Waals surface area contributed by atoms with Crippen molar-refractivity contribution in [1.82, 2.24) is 5.32 Å². The molecule has 1 saturated heterocycles. The van der Waals surface area contributed by atoms with E-state index >= 15 is 0 Å². The molecule has 5 heteroatoms. The summed E-state index contributed by atoms with van der Waals surface area (Å²) in [6.45, 7) is 2.37. The van der Waals surface area contributed by atoms with Gasteiger partial charge < -0.3 is 14.8 Å². The summed E-state index contributed by atoms with van der Waals surface area (Å²) in [4.78, 5) is 0. The molecule has 0 radical (unpaired) electrons. The standard InChI is InChI=1S/C13H17Br2NO2/c1-16-7-9-5-11(14)13(12(15)6-9)18-10-3-2-4-17-8-10/h5-6,10,16H,2-4,7-8H2,1H3. The first kappa shape index (κ1) is 14.3. The minimum absolute atomic E-state index is 0.154. The van der Waals surface area contributed by atoms with Crippen LogP contribution in [0, 0.1) is 0 Å². The van der Waals surface area contributed by atoms with Crippen LogP contribution in [0.5, 0.6) is 5.75 Å². The minimum Gasteiger partial charge on any atom is -0.486 e. The van der Waals surface area contributed by atoms with Crippen LogP contribution < -0.4 is 10.1 Å². The zero-order valence-electron chi connectivity index (χ0n) is 10.3. The van der Waals surface area contributed by atoms with Gasteiger partial charge in [-0.05, 0) is 69.4 Å². The van der Waals surface area contributed by atoms with Crippen LogP contribution in [0.3, 0.4) is 0 Å². The van der Waals surface area contributed by atoms with Crippen LogP contribution in [0.1, 0.15) is 18.4 Å². The average molecular weight is 379 g/mol. The molecule has 1 atom stereocenters. The molecule has 1 aliphatic rings. The molecule has 0 bridgehead atoms. The van der Waals surface area contributed by atoms with E-state index in [1.54, 1.807) is 0 Å².